The van der Waals surface area contributed by atoms with Crippen LogP contribution in [0.15, 0.2) is 48.7 Å². The molecular weight excluding hydrogens is 403 g/mol. The number of hydrogen-bond acceptors (Lipinski definition) is 5. The van der Waals surface area contributed by atoms with E-state index in [1.807, 2.05) is 30.3 Å². The Hall–Kier alpha value is -2.80. The van der Waals surface area contributed by atoms with Gasteiger partial charge < -0.3 is 5.32 Å². The van der Waals surface area contributed by atoms with Gasteiger partial charge in [0, 0.05) is 35.5 Å². The maximum atomic E-state index is 14.6. The Morgan fingerprint density at radius 1 is 1.10 bits per heavy atom. The van der Waals surface area contributed by atoms with Gasteiger partial charge in [-0.1, -0.05) is 32.0 Å². The van der Waals surface area contributed by atoms with Crippen molar-refractivity contribution in [3.05, 3.63) is 65.6 Å². The molecule has 0 fully saturated rings. The first kappa shape index (κ1) is 21.9. The minimum absolute atomic E-state index is 0.0703. The lowest BCUT2D eigenvalue weighted by molar-refractivity contribution is 0.0988. The second kappa shape index (κ2) is 9.34. The summed E-state index contributed by atoms with van der Waals surface area (Å²) in [4.78, 5) is 16.8. The topological polar surface area (TPSA) is 76.1 Å². The Balaban J connectivity index is 2.10. The van der Waals surface area contributed by atoms with Crippen LogP contribution in [-0.4, -0.2) is 30.7 Å². The number of sulfone groups is 1. The molecule has 3 aromatic rings. The number of pyridine rings is 1. The molecule has 0 bridgehead atoms. The van der Waals surface area contributed by atoms with Crippen LogP contribution in [0.3, 0.4) is 0 Å². The number of rotatable bonds is 9. The maximum Gasteiger partial charge on any atom is 0.166 e. The number of nitrogens with zero attached hydrogens (tertiary/aromatic N) is 1. The Labute approximate surface area is 176 Å². The smallest absolute Gasteiger partial charge is 0.166 e. The summed E-state index contributed by atoms with van der Waals surface area (Å²) < 4.78 is 38.8. The molecule has 5 nitrogen and oxygen atoms in total. The van der Waals surface area contributed by atoms with Gasteiger partial charge in [0.25, 0.3) is 0 Å². The number of carbonyl (C=O) groups excluding carboxylic acids is 1. The number of halogens is 1. The van der Waals surface area contributed by atoms with Crippen molar-refractivity contribution < 1.29 is 17.6 Å². The van der Waals surface area contributed by atoms with Crippen molar-refractivity contribution >= 4 is 37.9 Å². The summed E-state index contributed by atoms with van der Waals surface area (Å²) in [6.45, 7) is 3.57. The number of benzene rings is 2. The first-order chi connectivity index (χ1) is 14.3. The second-order valence-electron chi connectivity index (χ2n) is 7.18. The minimum Gasteiger partial charge on any atom is -0.354 e. The monoisotopic (exact) mass is 428 g/mol. The molecular formula is C23H25FN2O3S. The van der Waals surface area contributed by atoms with Gasteiger partial charge in [-0.2, -0.15) is 0 Å². The van der Waals surface area contributed by atoms with E-state index in [1.54, 1.807) is 19.9 Å². The van der Waals surface area contributed by atoms with E-state index >= 15 is 0 Å². The zero-order valence-electron chi connectivity index (χ0n) is 17.1. The van der Waals surface area contributed by atoms with Gasteiger partial charge in [-0.15, -0.1) is 0 Å². The lowest BCUT2D eigenvalue weighted by Crippen LogP contribution is -2.13. The van der Waals surface area contributed by atoms with E-state index in [0.717, 1.165) is 5.69 Å². The SMILES string of the molecule is CCCS(=O)(=O)CCc1cc2c(Nc3ccccc3)c(C(=O)CC)cnc2cc1F. The molecule has 158 valence electrons. The number of aromatic nitrogens is 1. The normalized spacial score (nSPS) is 11.6. The molecule has 1 aromatic heterocycles. The number of Topliss-reactive ketones (excluding diaryl/α,β-unsaturated/α-hetero) is 1. The van der Waals surface area contributed by atoms with Crippen LogP contribution in [0.4, 0.5) is 15.8 Å². The van der Waals surface area contributed by atoms with Crippen LogP contribution in [0.25, 0.3) is 10.9 Å². The highest BCUT2D eigenvalue weighted by molar-refractivity contribution is 7.91. The third kappa shape index (κ3) is 5.02. The lowest BCUT2D eigenvalue weighted by atomic mass is 10.0. The third-order valence-corrected chi connectivity index (χ3v) is 6.75. The van der Waals surface area contributed by atoms with E-state index in [2.05, 4.69) is 10.3 Å². The molecule has 0 atom stereocenters. The number of aryl methyl sites for hydroxylation is 1. The number of ketones is 1. The molecule has 0 aliphatic rings. The highest BCUT2D eigenvalue weighted by Crippen LogP contribution is 2.32. The molecule has 30 heavy (non-hydrogen) atoms. The summed E-state index contributed by atoms with van der Waals surface area (Å²) >= 11 is 0. The van der Waals surface area contributed by atoms with Crippen molar-refractivity contribution in [2.75, 3.05) is 16.8 Å². The minimum atomic E-state index is -3.24. The first-order valence-corrected chi connectivity index (χ1v) is 11.8. The van der Waals surface area contributed by atoms with Crippen LogP contribution < -0.4 is 5.32 Å². The number of nitrogens with one attached hydrogen (secondary N) is 1. The van der Waals surface area contributed by atoms with E-state index in [1.165, 1.54) is 12.3 Å². The van der Waals surface area contributed by atoms with E-state index in [9.17, 15) is 17.6 Å². The molecule has 0 spiro atoms. The lowest BCUT2D eigenvalue weighted by Gasteiger charge is -2.15. The molecule has 0 unspecified atom stereocenters. The largest absolute Gasteiger partial charge is 0.354 e. The molecule has 0 amide bonds. The second-order valence-corrected chi connectivity index (χ2v) is 9.48. The van der Waals surface area contributed by atoms with Crippen molar-refractivity contribution in [1.82, 2.24) is 4.98 Å². The number of para-hydroxylation sites is 1. The van der Waals surface area contributed by atoms with Crippen LogP contribution in [-0.2, 0) is 16.3 Å². The zero-order chi connectivity index (χ0) is 21.7. The Kier molecular flexibility index (Phi) is 6.82. The standard InChI is InChI=1S/C23H25FN2O3S/c1-3-11-30(28,29)12-10-16-13-18-21(14-20(16)24)25-15-19(22(27)4-2)23(18)26-17-8-6-5-7-9-17/h5-9,13-15H,3-4,10-12H2,1-2H3,(H,25,26). The van der Waals surface area contributed by atoms with Crippen molar-refractivity contribution in [2.24, 2.45) is 0 Å². The number of anilines is 2. The van der Waals surface area contributed by atoms with Gasteiger partial charge in [-0.25, -0.2) is 12.8 Å². The molecule has 2 aromatic carbocycles. The van der Waals surface area contributed by atoms with E-state index in [-0.39, 0.29) is 23.7 Å². The van der Waals surface area contributed by atoms with Gasteiger partial charge >= 0.3 is 0 Å². The van der Waals surface area contributed by atoms with Gasteiger partial charge in [-0.05, 0) is 36.6 Å². The molecule has 0 saturated carbocycles. The fraction of sp³-hybridized carbons (Fsp3) is 0.304. The number of fused-ring (bicyclic) bond motifs is 1. The van der Waals surface area contributed by atoms with E-state index in [0.29, 0.717) is 40.6 Å². The summed E-state index contributed by atoms with van der Waals surface area (Å²) in [5, 5.41) is 3.85. The fourth-order valence-corrected chi connectivity index (χ4v) is 4.69. The molecule has 1 heterocycles. The summed E-state index contributed by atoms with van der Waals surface area (Å²) in [6, 6.07) is 12.3. The van der Waals surface area contributed by atoms with E-state index < -0.39 is 15.7 Å². The summed E-state index contributed by atoms with van der Waals surface area (Å²) in [7, 11) is -3.24. The van der Waals surface area contributed by atoms with Gasteiger partial charge in [0.2, 0.25) is 0 Å². The highest BCUT2D eigenvalue weighted by Gasteiger charge is 2.18. The summed E-state index contributed by atoms with van der Waals surface area (Å²) in [6.07, 6.45) is 2.37. The zero-order valence-corrected chi connectivity index (χ0v) is 17.9. The van der Waals surface area contributed by atoms with Gasteiger partial charge in [0.1, 0.15) is 5.82 Å². The average Bonchev–Trinajstić information content (AvgIpc) is 2.72. The van der Waals surface area contributed by atoms with Crippen LogP contribution in [0, 0.1) is 5.82 Å². The van der Waals surface area contributed by atoms with Gasteiger partial charge in [-0.3, -0.25) is 9.78 Å². The Bertz CT molecular complexity index is 1160. The average molecular weight is 429 g/mol. The molecule has 0 radical (unpaired) electrons. The molecule has 1 N–H and O–H groups in total. The Morgan fingerprint density at radius 2 is 1.83 bits per heavy atom. The molecule has 0 aliphatic heterocycles. The summed E-state index contributed by atoms with van der Waals surface area (Å²) in [5.74, 6) is -0.619. The van der Waals surface area contributed by atoms with Gasteiger partial charge in [0.15, 0.2) is 15.6 Å². The van der Waals surface area contributed by atoms with Gasteiger partial charge in [0.05, 0.1) is 22.5 Å². The number of hydrogen-bond donors (Lipinski definition) is 1. The molecule has 0 aliphatic carbocycles. The predicted molar refractivity (Wildman–Crippen MR) is 119 cm³/mol. The molecule has 3 rings (SSSR count). The fourth-order valence-electron chi connectivity index (χ4n) is 3.33. The van der Waals surface area contributed by atoms with Crippen molar-refractivity contribution in [2.45, 2.75) is 33.1 Å². The van der Waals surface area contributed by atoms with Crippen LogP contribution in [0.2, 0.25) is 0 Å². The quantitative estimate of drug-likeness (QED) is 0.481. The first-order valence-electron chi connectivity index (χ1n) is 10.0. The van der Waals surface area contributed by atoms with Crippen LogP contribution in [0.5, 0.6) is 0 Å². The Morgan fingerprint density at radius 3 is 2.50 bits per heavy atom. The van der Waals surface area contributed by atoms with Crippen molar-refractivity contribution in [1.29, 1.82) is 0 Å². The van der Waals surface area contributed by atoms with Crippen LogP contribution in [0.1, 0.15) is 42.6 Å². The van der Waals surface area contributed by atoms with Crippen molar-refractivity contribution in [3.8, 4) is 0 Å². The van der Waals surface area contributed by atoms with E-state index in [4.69, 9.17) is 0 Å². The summed E-state index contributed by atoms with van der Waals surface area (Å²) in [5.41, 5.74) is 2.45. The highest BCUT2D eigenvalue weighted by atomic mass is 32.2. The predicted octanol–water partition coefficient (Wildman–Crippen LogP) is 5.08. The maximum absolute atomic E-state index is 14.6. The molecule has 0 saturated heterocycles. The van der Waals surface area contributed by atoms with Crippen LogP contribution >= 0.6 is 0 Å². The molecule has 7 heteroatoms. The third-order valence-electron chi connectivity index (χ3n) is 4.90. The number of carbonyl (C=O) groups is 1. The van der Waals surface area contributed by atoms with Crippen molar-refractivity contribution in [3.63, 3.8) is 0 Å².